The molecule has 0 aliphatic rings. The normalized spacial score (nSPS) is 12.6. The van der Waals surface area contributed by atoms with E-state index >= 15 is 0 Å². The molecule has 18 heteroatoms. The predicted molar refractivity (Wildman–Crippen MR) is 232 cm³/mol. The van der Waals surface area contributed by atoms with E-state index in [0.29, 0.717) is 16.7 Å². The maximum Gasteiger partial charge on any atom is 0.270 e. The van der Waals surface area contributed by atoms with E-state index in [-0.39, 0.29) is 37.5 Å². The summed E-state index contributed by atoms with van der Waals surface area (Å²) in [6.45, 7) is 23.4. The van der Waals surface area contributed by atoms with Gasteiger partial charge in [0, 0.05) is 33.8 Å². The highest BCUT2D eigenvalue weighted by atomic mass is 32.2. The molecular weight excluding hydrogens is 829 g/mol. The van der Waals surface area contributed by atoms with Gasteiger partial charge in [-0.2, -0.15) is 0 Å². The van der Waals surface area contributed by atoms with Gasteiger partial charge < -0.3 is 25.4 Å². The molecule has 326 valence electrons. The van der Waals surface area contributed by atoms with Crippen LogP contribution in [0.5, 0.6) is 0 Å². The lowest BCUT2D eigenvalue weighted by Crippen LogP contribution is -2.44. The smallest absolute Gasteiger partial charge is 0.270 e. The van der Waals surface area contributed by atoms with Gasteiger partial charge in [-0.05, 0) is 52.0 Å². The topological polar surface area (TPSA) is 235 Å². The van der Waals surface area contributed by atoms with Crippen molar-refractivity contribution in [1.82, 2.24) is 15.3 Å². The van der Waals surface area contributed by atoms with Crippen LogP contribution < -0.4 is 16.4 Å². The molecule has 0 unspecified atom stereocenters. The van der Waals surface area contributed by atoms with Crippen LogP contribution in [0.4, 0.5) is 10.9 Å². The van der Waals surface area contributed by atoms with Crippen molar-refractivity contribution in [2.75, 3.05) is 10.6 Å². The molecule has 0 aliphatic carbocycles. The monoisotopic (exact) mass is 884 g/mol. The Balaban J connectivity index is 0.000000254. The minimum Gasteiger partial charge on any atom is -0.364 e. The largest absolute Gasteiger partial charge is 0.364 e. The summed E-state index contributed by atoms with van der Waals surface area (Å²) in [5.74, 6) is -0.366. The van der Waals surface area contributed by atoms with Crippen LogP contribution >= 0.6 is 11.3 Å². The molecule has 15 nitrogen and oxygen atoms in total. The van der Waals surface area contributed by atoms with Crippen molar-refractivity contribution in [3.05, 3.63) is 101 Å². The van der Waals surface area contributed by atoms with E-state index in [1.54, 1.807) is 48.5 Å². The van der Waals surface area contributed by atoms with Crippen molar-refractivity contribution in [1.29, 1.82) is 0 Å². The number of hydrogen-bond acceptors (Lipinski definition) is 13. The Kier molecular flexibility index (Phi) is 14.9. The highest BCUT2D eigenvalue weighted by Gasteiger charge is 2.44. The second-order valence-electron chi connectivity index (χ2n) is 17.9. The zero-order valence-electron chi connectivity index (χ0n) is 36.3. The lowest BCUT2D eigenvalue weighted by Gasteiger charge is -2.23. The number of nitrogens with one attached hydrogen (secondary N) is 2. The molecule has 0 saturated carbocycles. The third-order valence-electron chi connectivity index (χ3n) is 9.03. The van der Waals surface area contributed by atoms with Gasteiger partial charge in [0.05, 0.1) is 15.5 Å². The Labute approximate surface area is 356 Å². The van der Waals surface area contributed by atoms with Crippen LogP contribution in [-0.2, 0) is 45.5 Å². The van der Waals surface area contributed by atoms with Crippen LogP contribution in [0, 0.1) is 0 Å². The average molecular weight is 885 g/mol. The third-order valence-corrected chi connectivity index (χ3v) is 14.6. The van der Waals surface area contributed by atoms with E-state index in [9.17, 15) is 31.2 Å². The molecule has 0 fully saturated rings. The number of aromatic nitrogens is 3. The number of benzene rings is 2. The molecule has 5 rings (SSSR count). The van der Waals surface area contributed by atoms with Gasteiger partial charge in [-0.3, -0.25) is 14.4 Å². The fraction of sp³-hybridized carbons (Fsp3) is 0.429. The number of hydrogen-bond donors (Lipinski definition) is 3. The number of anilines is 2. The van der Waals surface area contributed by atoms with E-state index in [1.165, 1.54) is 63.3 Å². The number of thiazole rings is 1. The van der Waals surface area contributed by atoms with Gasteiger partial charge in [-0.15, -0.1) is 11.3 Å². The second kappa shape index (κ2) is 18.2. The van der Waals surface area contributed by atoms with Gasteiger partial charge in [0.25, 0.3) is 5.91 Å². The third kappa shape index (κ3) is 11.8. The van der Waals surface area contributed by atoms with E-state index < -0.39 is 46.9 Å². The van der Waals surface area contributed by atoms with Gasteiger partial charge in [-0.25, -0.2) is 21.8 Å². The number of rotatable bonds is 9. The predicted octanol–water partition coefficient (Wildman–Crippen LogP) is 7.87. The molecule has 5 aromatic rings. The summed E-state index contributed by atoms with van der Waals surface area (Å²) in [7, 11) is -7.66. The number of amides is 3. The van der Waals surface area contributed by atoms with Crippen LogP contribution in [0.15, 0.2) is 97.0 Å². The minimum absolute atomic E-state index is 0.0979. The average Bonchev–Trinajstić information content (AvgIpc) is 3.94. The molecular formula is C42H56N6O9S3. The van der Waals surface area contributed by atoms with Crippen LogP contribution in [0.2, 0.25) is 0 Å². The standard InChI is InChI=1S/C17H22N2O4S.C17H22N2O3S2.C8H12N2O2/c1-16(2,3)13-11-14(19-23-13)18-15(20)17(4,5)24(21,22)12-9-7-6-8-10-12;1-16(2,3)13-11-23-15(18-13)19-14(20)17(4,5)24(21,22)12-9-7-6-8-10-12;1-8(2,3)6-4-5(7(9)11)10-12-6/h2*6-11H,1-5H3,(H,18,19,20);4H,1-3H3,(H2,9,11). The Morgan fingerprint density at radius 1 is 0.600 bits per heavy atom. The first kappa shape index (κ1) is 49.2. The fourth-order valence-electron chi connectivity index (χ4n) is 4.66. The van der Waals surface area contributed by atoms with E-state index in [4.69, 9.17) is 14.8 Å². The summed E-state index contributed by atoms with van der Waals surface area (Å²) < 4.78 is 57.9. The number of nitrogens with zero attached hydrogens (tertiary/aromatic N) is 3. The van der Waals surface area contributed by atoms with Crippen LogP contribution in [0.25, 0.3) is 0 Å². The van der Waals surface area contributed by atoms with Crippen molar-refractivity contribution in [2.24, 2.45) is 5.73 Å². The Morgan fingerprint density at radius 2 is 1.02 bits per heavy atom. The van der Waals surface area contributed by atoms with E-state index in [2.05, 4.69) is 25.9 Å². The summed E-state index contributed by atoms with van der Waals surface area (Å²) in [5, 5.41) is 14.8. The first-order chi connectivity index (χ1) is 27.3. The molecule has 60 heavy (non-hydrogen) atoms. The number of carbonyl (C=O) groups is 3. The molecule has 3 amide bonds. The van der Waals surface area contributed by atoms with Gasteiger partial charge in [0.1, 0.15) is 21.0 Å². The zero-order valence-corrected chi connectivity index (χ0v) is 38.8. The van der Waals surface area contributed by atoms with Crippen LogP contribution in [0.3, 0.4) is 0 Å². The molecule has 3 aromatic heterocycles. The molecule has 0 aliphatic heterocycles. The fourth-order valence-corrected chi connectivity index (χ4v) is 8.39. The molecule has 0 bridgehead atoms. The summed E-state index contributed by atoms with van der Waals surface area (Å²) in [6, 6.07) is 19.1. The van der Waals surface area contributed by atoms with Gasteiger partial charge in [0.15, 0.2) is 36.3 Å². The Hall–Kier alpha value is -5.20. The Bertz CT molecular complexity index is 2340. The number of carbonyl (C=O) groups excluding carboxylic acids is 3. The van der Waals surface area contributed by atoms with Crippen molar-refractivity contribution in [3.8, 4) is 0 Å². The van der Waals surface area contributed by atoms with Crippen molar-refractivity contribution in [3.63, 3.8) is 0 Å². The van der Waals surface area contributed by atoms with Gasteiger partial charge in [-0.1, -0.05) is 109 Å². The highest BCUT2D eigenvalue weighted by molar-refractivity contribution is 7.94. The quantitative estimate of drug-likeness (QED) is 0.128. The first-order valence-electron chi connectivity index (χ1n) is 18.8. The minimum atomic E-state index is -3.85. The lowest BCUT2D eigenvalue weighted by molar-refractivity contribution is -0.118. The molecule has 3 heterocycles. The second-order valence-corrected chi connectivity index (χ2v) is 23.7. The molecule has 0 radical (unpaired) electrons. The SMILES string of the molecule is CC(C)(C)c1cc(C(N)=O)no1.CC(C)(C)c1cc(NC(=O)C(C)(C)S(=O)(=O)c2ccccc2)no1.CC(C)(C)c1csc(NC(=O)C(C)(C)S(=O)(=O)c2ccccc2)n1. The molecule has 0 spiro atoms. The zero-order chi connectivity index (χ0) is 45.7. The first-order valence-corrected chi connectivity index (χ1v) is 22.6. The van der Waals surface area contributed by atoms with Crippen molar-refractivity contribution < 1.29 is 40.3 Å². The molecule has 2 aromatic carbocycles. The summed E-state index contributed by atoms with van der Waals surface area (Å²) >= 11 is 1.29. The van der Waals surface area contributed by atoms with Gasteiger partial charge in [0.2, 0.25) is 11.8 Å². The van der Waals surface area contributed by atoms with E-state index in [0.717, 1.165) is 5.69 Å². The van der Waals surface area contributed by atoms with Gasteiger partial charge >= 0.3 is 0 Å². The molecule has 0 atom stereocenters. The Morgan fingerprint density at radius 3 is 1.37 bits per heavy atom. The van der Waals surface area contributed by atoms with Crippen LogP contribution in [-0.4, -0.2) is 59.3 Å². The maximum atomic E-state index is 12.8. The van der Waals surface area contributed by atoms with Crippen LogP contribution in [0.1, 0.15) is 118 Å². The summed E-state index contributed by atoms with van der Waals surface area (Å²) in [4.78, 5) is 40.4. The number of primary amides is 1. The summed E-state index contributed by atoms with van der Waals surface area (Å²) in [6.07, 6.45) is 0. The summed E-state index contributed by atoms with van der Waals surface area (Å²) in [5.41, 5.74) is 5.51. The lowest BCUT2D eigenvalue weighted by atomic mass is 9.93. The van der Waals surface area contributed by atoms with Crippen molar-refractivity contribution in [2.45, 2.75) is 126 Å². The number of sulfone groups is 2. The molecule has 0 saturated heterocycles. The number of nitrogens with two attached hydrogens (primary N) is 1. The molecule has 4 N–H and O–H groups in total. The van der Waals surface area contributed by atoms with Crippen molar-refractivity contribution >= 4 is 59.7 Å². The maximum absolute atomic E-state index is 12.8. The highest BCUT2D eigenvalue weighted by Crippen LogP contribution is 2.31. The van der Waals surface area contributed by atoms with E-state index in [1.807, 2.05) is 67.7 Å².